The van der Waals surface area contributed by atoms with Gasteiger partial charge in [0.15, 0.2) is 0 Å². The standard InChI is InChI=1S/C20H16N2O2.C9H9F3O2/c1-22-18-11-10-14(20(23)24-2)12-17(18)21-19(22)16-9-5-7-13-6-3-4-8-15(13)16;1-3-8(6-13)5-4-7(2)14-9(10,11)12/h3-12H,1-2H3;3-6H,2H2,1H3/b;5-4-,8-3+. The second kappa shape index (κ2) is 12.1. The van der Waals surface area contributed by atoms with Crippen LogP contribution in [0.25, 0.3) is 33.2 Å². The summed E-state index contributed by atoms with van der Waals surface area (Å²) >= 11 is 0. The summed E-state index contributed by atoms with van der Waals surface area (Å²) in [6, 6.07) is 19.9. The first kappa shape index (κ1) is 27.9. The highest BCUT2D eigenvalue weighted by atomic mass is 19.4. The number of carbonyl (C=O) groups excluding carboxylic acids is 2. The minimum Gasteiger partial charge on any atom is -0.465 e. The van der Waals surface area contributed by atoms with Gasteiger partial charge in [0.2, 0.25) is 0 Å². The molecule has 196 valence electrons. The van der Waals surface area contributed by atoms with Crippen molar-refractivity contribution in [3.8, 4) is 11.4 Å². The number of nitrogens with zero attached hydrogens (tertiary/aromatic N) is 2. The number of carbonyl (C=O) groups is 2. The van der Waals surface area contributed by atoms with Crippen LogP contribution < -0.4 is 0 Å². The fourth-order valence-corrected chi connectivity index (χ4v) is 3.68. The van der Waals surface area contributed by atoms with E-state index in [-0.39, 0.29) is 11.5 Å². The number of aldehydes is 1. The molecular weight excluding hydrogens is 497 g/mol. The van der Waals surface area contributed by atoms with Gasteiger partial charge in [-0.15, -0.1) is 13.2 Å². The van der Waals surface area contributed by atoms with Crippen molar-refractivity contribution in [1.29, 1.82) is 0 Å². The van der Waals surface area contributed by atoms with Crippen LogP contribution in [0.4, 0.5) is 13.2 Å². The average molecular weight is 523 g/mol. The second-order valence-electron chi connectivity index (χ2n) is 7.97. The third kappa shape index (κ3) is 6.76. The molecule has 0 aliphatic carbocycles. The van der Waals surface area contributed by atoms with Crippen molar-refractivity contribution in [3.05, 3.63) is 102 Å². The number of hydrogen-bond donors (Lipinski definition) is 0. The van der Waals surface area contributed by atoms with E-state index >= 15 is 0 Å². The van der Waals surface area contributed by atoms with Gasteiger partial charge in [-0.3, -0.25) is 4.79 Å². The maximum atomic E-state index is 11.7. The molecule has 38 heavy (non-hydrogen) atoms. The summed E-state index contributed by atoms with van der Waals surface area (Å²) in [4.78, 5) is 26.7. The predicted octanol–water partition coefficient (Wildman–Crippen LogP) is 6.92. The molecule has 0 aliphatic heterocycles. The fraction of sp³-hybridized carbons (Fsp3) is 0.138. The van der Waals surface area contributed by atoms with E-state index in [4.69, 9.17) is 9.72 Å². The van der Waals surface area contributed by atoms with Crippen molar-refractivity contribution in [2.75, 3.05) is 7.11 Å². The average Bonchev–Trinajstić information content (AvgIpc) is 3.23. The Balaban J connectivity index is 0.000000247. The van der Waals surface area contributed by atoms with Gasteiger partial charge in [0.05, 0.1) is 23.7 Å². The number of ether oxygens (including phenoxy) is 2. The summed E-state index contributed by atoms with van der Waals surface area (Å²) in [6.45, 7) is 4.59. The van der Waals surface area contributed by atoms with Crippen molar-refractivity contribution in [2.24, 2.45) is 7.05 Å². The first-order valence-electron chi connectivity index (χ1n) is 11.3. The molecule has 4 rings (SSSR count). The Morgan fingerprint density at radius 2 is 1.76 bits per heavy atom. The van der Waals surface area contributed by atoms with Gasteiger partial charge in [0.1, 0.15) is 17.9 Å². The molecule has 0 saturated carbocycles. The topological polar surface area (TPSA) is 70.4 Å². The minimum absolute atomic E-state index is 0.247. The molecule has 1 heterocycles. The SMILES string of the molecule is C=C(/C=C\C(C=O)=C/C)OC(F)(F)F.COC(=O)c1ccc2c(c1)nc(-c1cccc3ccccc13)n2C. The van der Waals surface area contributed by atoms with Crippen LogP contribution in [0.2, 0.25) is 0 Å². The summed E-state index contributed by atoms with van der Waals surface area (Å²) in [5, 5.41) is 2.34. The molecule has 0 amide bonds. The number of alkyl halides is 3. The number of rotatable bonds is 6. The van der Waals surface area contributed by atoms with Crippen LogP contribution in [0, 0.1) is 0 Å². The number of imidazole rings is 1. The molecule has 0 radical (unpaired) electrons. The van der Waals surface area contributed by atoms with E-state index in [9.17, 15) is 22.8 Å². The molecule has 0 aliphatic rings. The third-order valence-electron chi connectivity index (χ3n) is 5.51. The number of hydrogen-bond acceptors (Lipinski definition) is 5. The summed E-state index contributed by atoms with van der Waals surface area (Å²) in [5.41, 5.74) is 3.59. The molecule has 0 unspecified atom stereocenters. The molecule has 6 nitrogen and oxygen atoms in total. The van der Waals surface area contributed by atoms with Crippen LogP contribution in [-0.4, -0.2) is 35.3 Å². The second-order valence-corrected chi connectivity index (χ2v) is 7.97. The normalized spacial score (nSPS) is 11.8. The molecule has 3 aromatic carbocycles. The number of fused-ring (bicyclic) bond motifs is 2. The molecule has 1 aromatic heterocycles. The van der Waals surface area contributed by atoms with Gasteiger partial charge in [-0.25, -0.2) is 9.78 Å². The third-order valence-corrected chi connectivity index (χ3v) is 5.51. The Kier molecular flexibility index (Phi) is 8.85. The van der Waals surface area contributed by atoms with E-state index in [1.54, 1.807) is 19.1 Å². The monoisotopic (exact) mass is 522 g/mol. The van der Waals surface area contributed by atoms with Crippen LogP contribution >= 0.6 is 0 Å². The Morgan fingerprint density at radius 3 is 2.42 bits per heavy atom. The van der Waals surface area contributed by atoms with Gasteiger partial charge in [-0.1, -0.05) is 55.1 Å². The van der Waals surface area contributed by atoms with E-state index in [0.29, 0.717) is 11.8 Å². The number of benzene rings is 3. The first-order chi connectivity index (χ1) is 18.1. The molecule has 0 fully saturated rings. The Labute approximate surface area is 217 Å². The fourth-order valence-electron chi connectivity index (χ4n) is 3.68. The number of aryl methyl sites for hydroxylation is 1. The zero-order chi connectivity index (χ0) is 27.9. The van der Waals surface area contributed by atoms with Gasteiger partial charge in [0, 0.05) is 18.2 Å². The lowest BCUT2D eigenvalue weighted by atomic mass is 10.0. The number of halogens is 3. The molecule has 0 spiro atoms. The van der Waals surface area contributed by atoms with Crippen LogP contribution in [0.3, 0.4) is 0 Å². The summed E-state index contributed by atoms with van der Waals surface area (Å²) in [7, 11) is 3.37. The lowest BCUT2D eigenvalue weighted by molar-refractivity contribution is -0.303. The van der Waals surface area contributed by atoms with Crippen molar-refractivity contribution in [3.63, 3.8) is 0 Å². The summed E-state index contributed by atoms with van der Waals surface area (Å²) in [5.74, 6) is -0.0446. The molecule has 0 bridgehead atoms. The number of allylic oxidation sites excluding steroid dienone is 4. The van der Waals surface area contributed by atoms with Crippen LogP contribution in [0.15, 0.2) is 96.8 Å². The molecule has 4 aromatic rings. The number of esters is 1. The molecular formula is C29H25F3N2O4. The first-order valence-corrected chi connectivity index (χ1v) is 11.3. The summed E-state index contributed by atoms with van der Waals surface area (Å²) in [6.07, 6.45) is -0.640. The molecule has 0 N–H and O–H groups in total. The van der Waals surface area contributed by atoms with Gasteiger partial charge in [0.25, 0.3) is 0 Å². The largest absolute Gasteiger partial charge is 0.573 e. The maximum Gasteiger partial charge on any atom is 0.573 e. The number of aromatic nitrogens is 2. The van der Waals surface area contributed by atoms with Gasteiger partial charge >= 0.3 is 12.3 Å². The van der Waals surface area contributed by atoms with Crippen molar-refractivity contribution >= 4 is 34.1 Å². The number of methoxy groups -OCH3 is 1. The quantitative estimate of drug-likeness (QED) is 0.0904. The van der Waals surface area contributed by atoms with E-state index in [1.807, 2.05) is 31.3 Å². The maximum absolute atomic E-state index is 11.7. The Bertz CT molecular complexity index is 1540. The predicted molar refractivity (Wildman–Crippen MR) is 140 cm³/mol. The highest BCUT2D eigenvalue weighted by Gasteiger charge is 2.30. The van der Waals surface area contributed by atoms with E-state index in [2.05, 4.69) is 40.1 Å². The van der Waals surface area contributed by atoms with Crippen LogP contribution in [-0.2, 0) is 21.3 Å². The van der Waals surface area contributed by atoms with Crippen molar-refractivity contribution in [2.45, 2.75) is 13.3 Å². The Hall–Kier alpha value is -4.66. The lowest BCUT2D eigenvalue weighted by Gasteiger charge is -2.07. The molecule has 0 saturated heterocycles. The van der Waals surface area contributed by atoms with Gasteiger partial charge < -0.3 is 14.0 Å². The van der Waals surface area contributed by atoms with Crippen molar-refractivity contribution in [1.82, 2.24) is 9.55 Å². The van der Waals surface area contributed by atoms with Crippen LogP contribution in [0.1, 0.15) is 17.3 Å². The molecule has 9 heteroatoms. The van der Waals surface area contributed by atoms with Crippen LogP contribution in [0.5, 0.6) is 0 Å². The highest BCUT2D eigenvalue weighted by molar-refractivity contribution is 5.98. The zero-order valence-corrected chi connectivity index (χ0v) is 21.0. The lowest BCUT2D eigenvalue weighted by Crippen LogP contribution is -2.11. The van der Waals surface area contributed by atoms with E-state index < -0.39 is 12.1 Å². The van der Waals surface area contributed by atoms with Crippen molar-refractivity contribution < 1.29 is 32.2 Å². The minimum atomic E-state index is -4.75. The van der Waals surface area contributed by atoms with Gasteiger partial charge in [-0.05, 0) is 48.0 Å². The highest BCUT2D eigenvalue weighted by Crippen LogP contribution is 2.30. The Morgan fingerprint density at radius 1 is 1.05 bits per heavy atom. The zero-order valence-electron chi connectivity index (χ0n) is 21.0. The smallest absolute Gasteiger partial charge is 0.465 e. The van der Waals surface area contributed by atoms with E-state index in [0.717, 1.165) is 33.9 Å². The molecule has 0 atom stereocenters. The van der Waals surface area contributed by atoms with E-state index in [1.165, 1.54) is 24.6 Å². The summed E-state index contributed by atoms with van der Waals surface area (Å²) < 4.78 is 45.1. The van der Waals surface area contributed by atoms with Gasteiger partial charge in [-0.2, -0.15) is 0 Å².